The molecular weight excluding hydrogens is 496 g/mol. The number of aromatic nitrogens is 1. The van der Waals surface area contributed by atoms with E-state index in [1.54, 1.807) is 6.20 Å². The van der Waals surface area contributed by atoms with Gasteiger partial charge in [-0.1, -0.05) is 59.7 Å². The molecule has 4 rings (SSSR count). The molecule has 40 heavy (non-hydrogen) atoms. The summed E-state index contributed by atoms with van der Waals surface area (Å²) in [5.74, 6) is -0.227. The molecule has 0 spiro atoms. The summed E-state index contributed by atoms with van der Waals surface area (Å²) in [4.78, 5) is 33.0. The number of nitrogens with zero attached hydrogens (tertiary/aromatic N) is 2. The SMILES string of the molecule is Cc1ncc(NC(=O)c2cc(CN3CCCC3)cc(C(C)(C)C)c2)cc1-c1ccc(C(=O)NCC(C)(C)C)cc1. The molecular formula is C34H44N4O2. The summed E-state index contributed by atoms with van der Waals surface area (Å²) >= 11 is 0. The molecule has 0 atom stereocenters. The van der Waals surface area contributed by atoms with E-state index in [0.29, 0.717) is 23.4 Å². The van der Waals surface area contributed by atoms with Gasteiger partial charge in [0.15, 0.2) is 0 Å². The minimum absolute atomic E-state index is 0.0206. The zero-order valence-electron chi connectivity index (χ0n) is 25.1. The first-order chi connectivity index (χ1) is 18.8. The van der Waals surface area contributed by atoms with Gasteiger partial charge in [-0.3, -0.25) is 19.5 Å². The number of nitrogens with one attached hydrogen (secondary N) is 2. The lowest BCUT2D eigenvalue weighted by Crippen LogP contribution is -2.32. The topological polar surface area (TPSA) is 74.3 Å². The van der Waals surface area contributed by atoms with E-state index in [-0.39, 0.29) is 22.6 Å². The predicted molar refractivity (Wildman–Crippen MR) is 164 cm³/mol. The van der Waals surface area contributed by atoms with Crippen molar-refractivity contribution in [2.75, 3.05) is 25.0 Å². The number of likely N-dealkylation sites (tertiary alicyclic amines) is 1. The fraction of sp³-hybridized carbons (Fsp3) is 0.441. The minimum Gasteiger partial charge on any atom is -0.352 e. The highest BCUT2D eigenvalue weighted by Gasteiger charge is 2.20. The molecule has 1 saturated heterocycles. The molecule has 2 aromatic carbocycles. The van der Waals surface area contributed by atoms with Crippen molar-refractivity contribution in [3.05, 3.63) is 82.7 Å². The highest BCUT2D eigenvalue weighted by Crippen LogP contribution is 2.28. The third-order valence-electron chi connectivity index (χ3n) is 7.31. The Hall–Kier alpha value is -3.51. The van der Waals surface area contributed by atoms with Gasteiger partial charge in [-0.25, -0.2) is 0 Å². The molecule has 1 aliphatic heterocycles. The minimum atomic E-state index is -0.142. The molecule has 212 valence electrons. The lowest BCUT2D eigenvalue weighted by Gasteiger charge is -2.23. The van der Waals surface area contributed by atoms with Crippen molar-refractivity contribution in [2.24, 2.45) is 5.41 Å². The largest absolute Gasteiger partial charge is 0.352 e. The first-order valence-electron chi connectivity index (χ1n) is 14.3. The molecule has 0 unspecified atom stereocenters. The van der Waals surface area contributed by atoms with Crippen LogP contribution in [0.25, 0.3) is 11.1 Å². The van der Waals surface area contributed by atoms with E-state index in [2.05, 4.69) is 68.1 Å². The van der Waals surface area contributed by atoms with E-state index in [1.807, 2.05) is 49.4 Å². The van der Waals surface area contributed by atoms with Crippen LogP contribution in [0.5, 0.6) is 0 Å². The van der Waals surface area contributed by atoms with E-state index in [9.17, 15) is 9.59 Å². The Morgan fingerprint density at radius 3 is 2.17 bits per heavy atom. The highest BCUT2D eigenvalue weighted by atomic mass is 16.2. The number of benzene rings is 2. The maximum absolute atomic E-state index is 13.5. The zero-order chi connectivity index (χ0) is 29.1. The number of rotatable bonds is 7. The number of amides is 2. The van der Waals surface area contributed by atoms with Crippen molar-refractivity contribution in [1.29, 1.82) is 0 Å². The zero-order valence-corrected chi connectivity index (χ0v) is 25.1. The molecule has 1 aliphatic rings. The number of aryl methyl sites for hydroxylation is 1. The maximum atomic E-state index is 13.5. The summed E-state index contributed by atoms with van der Waals surface area (Å²) in [5.41, 5.74) is 6.91. The number of carbonyl (C=O) groups excluding carboxylic acids is 2. The molecule has 1 fully saturated rings. The van der Waals surface area contributed by atoms with Crippen LogP contribution in [0.3, 0.4) is 0 Å². The molecule has 6 heteroatoms. The van der Waals surface area contributed by atoms with Crippen molar-refractivity contribution in [3.8, 4) is 11.1 Å². The number of hydrogen-bond acceptors (Lipinski definition) is 4. The van der Waals surface area contributed by atoms with Crippen LogP contribution < -0.4 is 10.6 Å². The molecule has 3 aromatic rings. The number of hydrogen-bond donors (Lipinski definition) is 2. The van der Waals surface area contributed by atoms with Gasteiger partial charge in [0.25, 0.3) is 11.8 Å². The molecule has 0 aliphatic carbocycles. The van der Waals surface area contributed by atoms with Crippen LogP contribution in [-0.2, 0) is 12.0 Å². The van der Waals surface area contributed by atoms with Crippen LogP contribution in [0.15, 0.2) is 54.7 Å². The normalized spacial score (nSPS) is 14.3. The standard InChI is InChI=1S/C34H44N4O2/c1-23-30(25-10-12-26(13-11-25)31(39)36-22-33(2,3)4)19-29(20-35-23)37-32(40)27-16-24(21-38-14-8-9-15-38)17-28(18-27)34(5,6)7/h10-13,16-20H,8-9,14-15,21-22H2,1-7H3,(H,36,39)(H,37,40). The summed E-state index contributed by atoms with van der Waals surface area (Å²) in [7, 11) is 0. The van der Waals surface area contributed by atoms with Gasteiger partial charge in [0.2, 0.25) is 0 Å². The van der Waals surface area contributed by atoms with Crippen molar-refractivity contribution >= 4 is 17.5 Å². The van der Waals surface area contributed by atoms with Crippen LogP contribution in [0.4, 0.5) is 5.69 Å². The van der Waals surface area contributed by atoms with Gasteiger partial charge in [0, 0.05) is 35.5 Å². The predicted octanol–water partition coefficient (Wildman–Crippen LogP) is 6.98. The number of pyridine rings is 1. The fourth-order valence-corrected chi connectivity index (χ4v) is 4.89. The molecule has 6 nitrogen and oxygen atoms in total. The van der Waals surface area contributed by atoms with Crippen molar-refractivity contribution in [1.82, 2.24) is 15.2 Å². The van der Waals surface area contributed by atoms with Gasteiger partial charge in [-0.2, -0.15) is 0 Å². The first kappa shape index (κ1) is 29.5. The second-order valence-electron chi connectivity index (χ2n) is 13.3. The van der Waals surface area contributed by atoms with Crippen LogP contribution in [0.1, 0.15) is 91.9 Å². The Balaban J connectivity index is 1.53. The summed E-state index contributed by atoms with van der Waals surface area (Å²) in [6.07, 6.45) is 4.17. The quantitative estimate of drug-likeness (QED) is 0.339. The lowest BCUT2D eigenvalue weighted by atomic mass is 9.85. The number of carbonyl (C=O) groups is 2. The Morgan fingerprint density at radius 2 is 1.55 bits per heavy atom. The third-order valence-corrected chi connectivity index (χ3v) is 7.31. The van der Waals surface area contributed by atoms with Crippen molar-refractivity contribution in [3.63, 3.8) is 0 Å². The van der Waals surface area contributed by atoms with Crippen molar-refractivity contribution in [2.45, 2.75) is 73.3 Å². The van der Waals surface area contributed by atoms with E-state index in [4.69, 9.17) is 0 Å². The van der Waals surface area contributed by atoms with Gasteiger partial charge in [-0.05, 0) is 90.7 Å². The first-order valence-corrected chi connectivity index (χ1v) is 14.3. The van der Waals surface area contributed by atoms with Crippen LogP contribution in [0, 0.1) is 12.3 Å². The second-order valence-corrected chi connectivity index (χ2v) is 13.3. The Labute approximate surface area is 239 Å². The maximum Gasteiger partial charge on any atom is 0.255 e. The summed E-state index contributed by atoms with van der Waals surface area (Å²) in [6.45, 7) is 18.5. The highest BCUT2D eigenvalue weighted by molar-refractivity contribution is 6.04. The van der Waals surface area contributed by atoms with E-state index in [0.717, 1.165) is 42.0 Å². The third kappa shape index (κ3) is 7.79. The summed E-state index contributed by atoms with van der Waals surface area (Å²) in [6, 6.07) is 15.7. The molecule has 2 N–H and O–H groups in total. The van der Waals surface area contributed by atoms with E-state index in [1.165, 1.54) is 18.4 Å². The van der Waals surface area contributed by atoms with Gasteiger partial charge in [0.05, 0.1) is 11.9 Å². The summed E-state index contributed by atoms with van der Waals surface area (Å²) < 4.78 is 0. The van der Waals surface area contributed by atoms with Gasteiger partial charge >= 0.3 is 0 Å². The Kier molecular flexibility index (Phi) is 8.79. The second kappa shape index (κ2) is 11.9. The molecule has 1 aromatic heterocycles. The smallest absolute Gasteiger partial charge is 0.255 e. The van der Waals surface area contributed by atoms with Gasteiger partial charge < -0.3 is 10.6 Å². The van der Waals surface area contributed by atoms with Gasteiger partial charge in [-0.15, -0.1) is 0 Å². The van der Waals surface area contributed by atoms with Crippen LogP contribution >= 0.6 is 0 Å². The summed E-state index contributed by atoms with van der Waals surface area (Å²) in [5, 5.41) is 6.07. The Morgan fingerprint density at radius 1 is 0.875 bits per heavy atom. The molecule has 2 amide bonds. The number of anilines is 1. The fourth-order valence-electron chi connectivity index (χ4n) is 4.89. The van der Waals surface area contributed by atoms with Gasteiger partial charge in [0.1, 0.15) is 0 Å². The molecule has 0 bridgehead atoms. The lowest BCUT2D eigenvalue weighted by molar-refractivity contribution is 0.0938. The van der Waals surface area contributed by atoms with Crippen molar-refractivity contribution < 1.29 is 9.59 Å². The average Bonchev–Trinajstić information content (AvgIpc) is 3.40. The molecule has 0 saturated carbocycles. The average molecular weight is 541 g/mol. The van der Waals surface area contributed by atoms with E-state index >= 15 is 0 Å². The Bertz CT molecular complexity index is 1360. The molecule has 2 heterocycles. The van der Waals surface area contributed by atoms with E-state index < -0.39 is 0 Å². The van der Waals surface area contributed by atoms with Crippen LogP contribution in [0.2, 0.25) is 0 Å². The monoisotopic (exact) mass is 540 g/mol. The molecule has 0 radical (unpaired) electrons. The van der Waals surface area contributed by atoms with Crippen LogP contribution in [-0.4, -0.2) is 41.3 Å².